The van der Waals surface area contributed by atoms with E-state index in [4.69, 9.17) is 10.5 Å². The second-order valence-electron chi connectivity index (χ2n) is 5.05. The van der Waals surface area contributed by atoms with Gasteiger partial charge in [0.05, 0.1) is 12.7 Å². The fraction of sp³-hybridized carbons (Fsp3) is 0.714. The summed E-state index contributed by atoms with van der Waals surface area (Å²) in [6, 6.07) is 1.77. The molecule has 0 aliphatic heterocycles. The standard InChI is InChI=1S/C14H24N4O/c1-2-5-13-17-12(15)10-14(18-13)16-8-9-19-11-6-3-4-7-11/h10-11H,2-9H2,1H3,(H3,15,16,17,18). The molecule has 5 nitrogen and oxygen atoms in total. The minimum Gasteiger partial charge on any atom is -0.384 e. The van der Waals surface area contributed by atoms with Gasteiger partial charge in [0.2, 0.25) is 0 Å². The van der Waals surface area contributed by atoms with Crippen LogP contribution in [0.1, 0.15) is 44.9 Å². The number of nitrogens with one attached hydrogen (secondary N) is 1. The van der Waals surface area contributed by atoms with Crippen LogP contribution in [0.25, 0.3) is 0 Å². The zero-order valence-corrected chi connectivity index (χ0v) is 11.7. The molecule has 1 heterocycles. The molecule has 1 aliphatic carbocycles. The van der Waals surface area contributed by atoms with E-state index < -0.39 is 0 Å². The van der Waals surface area contributed by atoms with Crippen molar-refractivity contribution in [3.63, 3.8) is 0 Å². The smallest absolute Gasteiger partial charge is 0.133 e. The highest BCUT2D eigenvalue weighted by molar-refractivity contribution is 5.44. The molecule has 1 aromatic heterocycles. The Hall–Kier alpha value is -1.36. The summed E-state index contributed by atoms with van der Waals surface area (Å²) in [5.74, 6) is 2.13. The van der Waals surface area contributed by atoms with Crippen LogP contribution in [0.5, 0.6) is 0 Å². The van der Waals surface area contributed by atoms with Gasteiger partial charge in [0.15, 0.2) is 0 Å². The van der Waals surface area contributed by atoms with Gasteiger partial charge in [-0.15, -0.1) is 0 Å². The Balaban J connectivity index is 1.75. The third-order valence-corrected chi connectivity index (χ3v) is 3.33. The number of anilines is 2. The Kier molecular flexibility index (Phi) is 5.39. The van der Waals surface area contributed by atoms with Crippen LogP contribution in [0.15, 0.2) is 6.07 Å². The topological polar surface area (TPSA) is 73.1 Å². The Morgan fingerprint density at radius 1 is 1.37 bits per heavy atom. The van der Waals surface area contributed by atoms with E-state index in [2.05, 4.69) is 22.2 Å². The van der Waals surface area contributed by atoms with E-state index in [9.17, 15) is 0 Å². The lowest BCUT2D eigenvalue weighted by Gasteiger charge is -2.12. The van der Waals surface area contributed by atoms with Crippen LogP contribution in [0.2, 0.25) is 0 Å². The number of nitrogen functional groups attached to an aromatic ring is 1. The van der Waals surface area contributed by atoms with Crippen molar-refractivity contribution >= 4 is 11.6 Å². The molecule has 19 heavy (non-hydrogen) atoms. The second kappa shape index (κ2) is 7.28. The van der Waals surface area contributed by atoms with Crippen molar-refractivity contribution in [2.24, 2.45) is 0 Å². The molecule has 0 radical (unpaired) electrons. The largest absolute Gasteiger partial charge is 0.384 e. The third kappa shape index (κ3) is 4.67. The van der Waals surface area contributed by atoms with E-state index in [0.717, 1.165) is 37.6 Å². The Morgan fingerprint density at radius 2 is 2.16 bits per heavy atom. The monoisotopic (exact) mass is 264 g/mol. The summed E-state index contributed by atoms with van der Waals surface area (Å²) in [5, 5.41) is 3.25. The SMILES string of the molecule is CCCc1nc(N)cc(NCCOC2CCCC2)n1. The molecule has 0 atom stereocenters. The highest BCUT2D eigenvalue weighted by Crippen LogP contribution is 2.20. The van der Waals surface area contributed by atoms with Gasteiger partial charge in [-0.3, -0.25) is 0 Å². The van der Waals surface area contributed by atoms with Crippen molar-refractivity contribution in [1.82, 2.24) is 9.97 Å². The molecule has 0 unspecified atom stereocenters. The summed E-state index contributed by atoms with van der Waals surface area (Å²) in [5.41, 5.74) is 5.77. The average Bonchev–Trinajstić information content (AvgIpc) is 2.87. The van der Waals surface area contributed by atoms with Gasteiger partial charge in [-0.1, -0.05) is 19.8 Å². The maximum absolute atomic E-state index is 5.80. The molecular weight excluding hydrogens is 240 g/mol. The summed E-state index contributed by atoms with van der Waals surface area (Å²) in [7, 11) is 0. The minimum atomic E-state index is 0.466. The van der Waals surface area contributed by atoms with Gasteiger partial charge in [0.1, 0.15) is 17.5 Å². The molecule has 1 aliphatic rings. The van der Waals surface area contributed by atoms with E-state index in [-0.39, 0.29) is 0 Å². The molecule has 0 bridgehead atoms. The lowest BCUT2D eigenvalue weighted by atomic mass is 10.3. The normalized spacial score (nSPS) is 15.8. The minimum absolute atomic E-state index is 0.466. The van der Waals surface area contributed by atoms with Crippen LogP contribution in [0.4, 0.5) is 11.6 Å². The van der Waals surface area contributed by atoms with Crippen molar-refractivity contribution < 1.29 is 4.74 Å². The van der Waals surface area contributed by atoms with Crippen LogP contribution < -0.4 is 11.1 Å². The van der Waals surface area contributed by atoms with Crippen molar-refractivity contribution in [2.75, 3.05) is 24.2 Å². The van der Waals surface area contributed by atoms with E-state index in [1.54, 1.807) is 6.07 Å². The number of ether oxygens (including phenoxy) is 1. The van der Waals surface area contributed by atoms with Gasteiger partial charge in [0, 0.05) is 19.0 Å². The number of rotatable bonds is 7. The molecule has 2 rings (SSSR count). The zero-order chi connectivity index (χ0) is 13.5. The number of hydrogen-bond acceptors (Lipinski definition) is 5. The van der Waals surface area contributed by atoms with Crippen LogP contribution in [-0.2, 0) is 11.2 Å². The lowest BCUT2D eigenvalue weighted by Crippen LogP contribution is -2.16. The van der Waals surface area contributed by atoms with Gasteiger partial charge in [-0.25, -0.2) is 9.97 Å². The van der Waals surface area contributed by atoms with Crippen molar-refractivity contribution in [3.8, 4) is 0 Å². The molecule has 0 saturated heterocycles. The van der Waals surface area contributed by atoms with E-state index in [1.165, 1.54) is 25.7 Å². The zero-order valence-electron chi connectivity index (χ0n) is 11.7. The fourth-order valence-electron chi connectivity index (χ4n) is 2.40. The van der Waals surface area contributed by atoms with Crippen LogP contribution in [-0.4, -0.2) is 29.2 Å². The Morgan fingerprint density at radius 3 is 2.89 bits per heavy atom. The molecule has 3 N–H and O–H groups in total. The van der Waals surface area contributed by atoms with E-state index in [0.29, 0.717) is 11.9 Å². The van der Waals surface area contributed by atoms with Gasteiger partial charge < -0.3 is 15.8 Å². The first kappa shape index (κ1) is 14.1. The van der Waals surface area contributed by atoms with Gasteiger partial charge >= 0.3 is 0 Å². The second-order valence-corrected chi connectivity index (χ2v) is 5.05. The molecule has 0 spiro atoms. The van der Waals surface area contributed by atoms with Gasteiger partial charge in [0.25, 0.3) is 0 Å². The van der Waals surface area contributed by atoms with E-state index in [1.807, 2.05) is 0 Å². The quantitative estimate of drug-likeness (QED) is 0.740. The number of aryl methyl sites for hydroxylation is 1. The Labute approximate surface area is 115 Å². The lowest BCUT2D eigenvalue weighted by molar-refractivity contribution is 0.0658. The molecular formula is C14H24N4O. The summed E-state index contributed by atoms with van der Waals surface area (Å²) in [4.78, 5) is 8.65. The average molecular weight is 264 g/mol. The predicted octanol–water partition coefficient (Wildman–Crippen LogP) is 2.38. The number of aromatic nitrogens is 2. The molecule has 1 aromatic rings. The molecule has 0 amide bonds. The molecule has 0 aromatic carbocycles. The van der Waals surface area contributed by atoms with Gasteiger partial charge in [-0.2, -0.15) is 0 Å². The number of nitrogens with two attached hydrogens (primary N) is 1. The van der Waals surface area contributed by atoms with Gasteiger partial charge in [-0.05, 0) is 19.3 Å². The molecule has 5 heteroatoms. The van der Waals surface area contributed by atoms with Crippen LogP contribution >= 0.6 is 0 Å². The molecule has 106 valence electrons. The number of hydrogen-bond donors (Lipinski definition) is 2. The maximum atomic E-state index is 5.80. The van der Waals surface area contributed by atoms with E-state index >= 15 is 0 Å². The predicted molar refractivity (Wildman–Crippen MR) is 77.1 cm³/mol. The summed E-state index contributed by atoms with van der Waals surface area (Å²) in [6.45, 7) is 3.59. The van der Waals surface area contributed by atoms with Crippen LogP contribution in [0.3, 0.4) is 0 Å². The summed E-state index contributed by atoms with van der Waals surface area (Å²) >= 11 is 0. The maximum Gasteiger partial charge on any atom is 0.133 e. The first-order valence-electron chi connectivity index (χ1n) is 7.27. The summed E-state index contributed by atoms with van der Waals surface area (Å²) < 4.78 is 5.80. The van der Waals surface area contributed by atoms with Crippen molar-refractivity contribution in [2.45, 2.75) is 51.6 Å². The highest BCUT2D eigenvalue weighted by atomic mass is 16.5. The molecule has 1 fully saturated rings. The highest BCUT2D eigenvalue weighted by Gasteiger charge is 2.14. The third-order valence-electron chi connectivity index (χ3n) is 3.33. The first-order valence-corrected chi connectivity index (χ1v) is 7.27. The van der Waals surface area contributed by atoms with Crippen molar-refractivity contribution in [1.29, 1.82) is 0 Å². The first-order chi connectivity index (χ1) is 9.28. The summed E-state index contributed by atoms with van der Waals surface area (Å²) in [6.07, 6.45) is 7.38. The number of nitrogens with zero attached hydrogens (tertiary/aromatic N) is 2. The van der Waals surface area contributed by atoms with Crippen molar-refractivity contribution in [3.05, 3.63) is 11.9 Å². The Bertz CT molecular complexity index is 391. The fourth-order valence-corrected chi connectivity index (χ4v) is 2.40. The van der Waals surface area contributed by atoms with Crippen LogP contribution in [0, 0.1) is 0 Å². The molecule has 1 saturated carbocycles.